The molecule has 6 nitrogen and oxygen atoms in total. The van der Waals surface area contributed by atoms with Crippen molar-refractivity contribution < 1.29 is 27.1 Å². The van der Waals surface area contributed by atoms with Crippen LogP contribution < -0.4 is 15.4 Å². The highest BCUT2D eigenvalue weighted by Crippen LogP contribution is 2.38. The molecule has 1 amide bonds. The van der Waals surface area contributed by atoms with Crippen LogP contribution in [-0.4, -0.2) is 35.2 Å². The van der Waals surface area contributed by atoms with E-state index in [2.05, 4.69) is 20.6 Å². The zero-order valence-corrected chi connectivity index (χ0v) is 19.3. The molecule has 182 valence electrons. The number of hydrogen-bond acceptors (Lipinski definition) is 4. The van der Waals surface area contributed by atoms with Crippen molar-refractivity contribution >= 4 is 51.8 Å². The molecule has 1 aromatic heterocycles. The highest BCUT2D eigenvalue weighted by molar-refractivity contribution is 6.35. The van der Waals surface area contributed by atoms with Crippen molar-refractivity contribution in [1.82, 2.24) is 15.3 Å². The van der Waals surface area contributed by atoms with Crippen LogP contribution in [0.15, 0.2) is 24.3 Å². The van der Waals surface area contributed by atoms with Crippen LogP contribution in [0.5, 0.6) is 5.75 Å². The Hall–Kier alpha value is -2.72. The zero-order chi connectivity index (χ0) is 24.6. The summed E-state index contributed by atoms with van der Waals surface area (Å²) in [7, 11) is 1.39. The van der Waals surface area contributed by atoms with Crippen LogP contribution in [0.4, 0.5) is 29.2 Å². The Morgan fingerprint density at radius 2 is 1.82 bits per heavy atom. The summed E-state index contributed by atoms with van der Waals surface area (Å²) in [6.45, 7) is 0. The molecule has 1 fully saturated rings. The van der Waals surface area contributed by atoms with Crippen molar-refractivity contribution in [2.45, 2.75) is 37.9 Å². The van der Waals surface area contributed by atoms with E-state index in [0.717, 1.165) is 0 Å². The third-order valence-corrected chi connectivity index (χ3v) is 6.47. The van der Waals surface area contributed by atoms with Gasteiger partial charge in [0, 0.05) is 12.1 Å². The van der Waals surface area contributed by atoms with E-state index in [1.807, 2.05) is 0 Å². The fourth-order valence-corrected chi connectivity index (χ4v) is 4.38. The molecule has 0 radical (unpaired) electrons. The lowest BCUT2D eigenvalue weighted by Crippen LogP contribution is -2.40. The van der Waals surface area contributed by atoms with Crippen molar-refractivity contribution in [3.8, 4) is 5.75 Å². The lowest BCUT2D eigenvalue weighted by Gasteiger charge is -2.30. The van der Waals surface area contributed by atoms with Gasteiger partial charge in [0.05, 0.1) is 45.4 Å². The summed E-state index contributed by atoms with van der Waals surface area (Å²) >= 11 is 11.9. The molecule has 12 heteroatoms. The largest absolute Gasteiger partial charge is 0.496 e. The molecular weight excluding hydrogens is 499 g/mol. The van der Waals surface area contributed by atoms with Gasteiger partial charge in [0.1, 0.15) is 5.75 Å². The van der Waals surface area contributed by atoms with Gasteiger partial charge in [0.2, 0.25) is 5.95 Å². The number of H-pyrrole nitrogens is 1. The molecule has 3 aromatic rings. The number of methoxy groups -OCH3 is 1. The molecule has 0 saturated heterocycles. The zero-order valence-electron chi connectivity index (χ0n) is 17.8. The van der Waals surface area contributed by atoms with Crippen molar-refractivity contribution in [2.24, 2.45) is 5.92 Å². The molecular formula is C22H20Cl2F4N4O2. The monoisotopic (exact) mass is 518 g/mol. The lowest BCUT2D eigenvalue weighted by molar-refractivity contribution is -0.182. The van der Waals surface area contributed by atoms with Gasteiger partial charge in [-0.2, -0.15) is 13.2 Å². The van der Waals surface area contributed by atoms with E-state index in [0.29, 0.717) is 11.0 Å². The highest BCUT2D eigenvalue weighted by Gasteiger charge is 2.41. The van der Waals surface area contributed by atoms with Crippen LogP contribution in [0.1, 0.15) is 36.0 Å². The van der Waals surface area contributed by atoms with Crippen molar-refractivity contribution in [3.05, 3.63) is 45.7 Å². The Morgan fingerprint density at radius 1 is 1.15 bits per heavy atom. The Balaban J connectivity index is 1.54. The van der Waals surface area contributed by atoms with E-state index < -0.39 is 23.8 Å². The molecule has 0 spiro atoms. The first kappa shape index (κ1) is 24.4. The summed E-state index contributed by atoms with van der Waals surface area (Å²) in [6, 6.07) is 5.44. The number of amides is 1. The smallest absolute Gasteiger partial charge is 0.391 e. The van der Waals surface area contributed by atoms with Gasteiger partial charge in [-0.3, -0.25) is 4.79 Å². The summed E-state index contributed by atoms with van der Waals surface area (Å²) in [5.41, 5.74) is 0.999. The number of nitrogens with zero attached hydrogens (tertiary/aromatic N) is 1. The number of rotatable bonds is 5. The first-order chi connectivity index (χ1) is 16.1. The maximum absolute atomic E-state index is 14.3. The number of nitrogens with one attached hydrogen (secondary N) is 3. The van der Waals surface area contributed by atoms with E-state index in [4.69, 9.17) is 27.9 Å². The van der Waals surface area contributed by atoms with Gasteiger partial charge in [-0.25, -0.2) is 9.37 Å². The molecule has 1 aliphatic rings. The number of carbonyl (C=O) groups is 1. The van der Waals surface area contributed by atoms with E-state index in [1.54, 1.807) is 6.07 Å². The number of benzene rings is 2. The Morgan fingerprint density at radius 3 is 2.47 bits per heavy atom. The fourth-order valence-electron chi connectivity index (χ4n) is 4.03. The van der Waals surface area contributed by atoms with Gasteiger partial charge in [-0.05, 0) is 43.9 Å². The van der Waals surface area contributed by atoms with Gasteiger partial charge < -0.3 is 20.4 Å². The van der Waals surface area contributed by atoms with Gasteiger partial charge in [0.25, 0.3) is 5.91 Å². The molecule has 2 aromatic carbocycles. The average molecular weight is 519 g/mol. The summed E-state index contributed by atoms with van der Waals surface area (Å²) in [6.07, 6.45) is -3.79. The van der Waals surface area contributed by atoms with Crippen LogP contribution in [0.3, 0.4) is 0 Å². The van der Waals surface area contributed by atoms with Crippen molar-refractivity contribution in [3.63, 3.8) is 0 Å². The third kappa shape index (κ3) is 5.02. The minimum absolute atomic E-state index is 0.0262. The summed E-state index contributed by atoms with van der Waals surface area (Å²) < 4.78 is 58.4. The van der Waals surface area contributed by atoms with Gasteiger partial charge in [-0.15, -0.1) is 0 Å². The van der Waals surface area contributed by atoms with Crippen LogP contribution in [0.2, 0.25) is 10.0 Å². The van der Waals surface area contributed by atoms with Crippen LogP contribution >= 0.6 is 23.2 Å². The second-order valence-corrected chi connectivity index (χ2v) is 8.88. The molecule has 4 rings (SSSR count). The number of halogens is 6. The average Bonchev–Trinajstić information content (AvgIpc) is 3.19. The number of hydrogen-bond donors (Lipinski definition) is 3. The Labute approximate surface area is 202 Å². The Kier molecular flexibility index (Phi) is 6.82. The van der Waals surface area contributed by atoms with E-state index in [-0.39, 0.29) is 64.7 Å². The van der Waals surface area contributed by atoms with E-state index in [1.165, 1.54) is 25.3 Å². The van der Waals surface area contributed by atoms with Gasteiger partial charge >= 0.3 is 6.18 Å². The number of anilines is 2. The second kappa shape index (κ2) is 9.50. The minimum atomic E-state index is -4.22. The Bertz CT molecular complexity index is 1220. The molecule has 0 atom stereocenters. The third-order valence-electron chi connectivity index (χ3n) is 5.86. The number of ether oxygens (including phenoxy) is 1. The van der Waals surface area contributed by atoms with E-state index in [9.17, 15) is 22.4 Å². The molecule has 1 saturated carbocycles. The van der Waals surface area contributed by atoms with Crippen LogP contribution in [0, 0.1) is 11.7 Å². The molecule has 1 heterocycles. The first-order valence-corrected chi connectivity index (χ1v) is 11.2. The maximum atomic E-state index is 14.3. The number of aromatic nitrogens is 2. The number of fused-ring (bicyclic) bond motifs is 1. The predicted octanol–water partition coefficient (Wildman–Crippen LogP) is 6.61. The quantitative estimate of drug-likeness (QED) is 0.262. The molecule has 0 bridgehead atoms. The fraction of sp³-hybridized carbons (Fsp3) is 0.364. The highest BCUT2D eigenvalue weighted by atomic mass is 35.5. The minimum Gasteiger partial charge on any atom is -0.496 e. The molecule has 3 N–H and O–H groups in total. The number of aromatic amines is 1. The summed E-state index contributed by atoms with van der Waals surface area (Å²) in [5, 5.41) is 5.52. The topological polar surface area (TPSA) is 79.0 Å². The van der Waals surface area contributed by atoms with Crippen LogP contribution in [0.25, 0.3) is 11.0 Å². The predicted molar refractivity (Wildman–Crippen MR) is 122 cm³/mol. The molecule has 0 unspecified atom stereocenters. The molecule has 0 aliphatic heterocycles. The number of carbonyl (C=O) groups excluding carboxylic acids is 1. The van der Waals surface area contributed by atoms with Crippen molar-refractivity contribution in [2.75, 3.05) is 12.4 Å². The second-order valence-electron chi connectivity index (χ2n) is 8.06. The standard InChI is InChI=1S/C22H20Cl2F4N4O2/c1-34-17-9-16-15(30-21(31-16)32-19-14(24)7-6-13(23)18(19)25)8-12(17)20(33)29-11-4-2-10(3-5-11)22(26,27)28/h6-11H,2-5H2,1H3,(H,29,33)(H2,30,31,32). The molecule has 1 aliphatic carbocycles. The van der Waals surface area contributed by atoms with Crippen LogP contribution in [-0.2, 0) is 0 Å². The first-order valence-electron chi connectivity index (χ1n) is 10.4. The molecule has 34 heavy (non-hydrogen) atoms. The summed E-state index contributed by atoms with van der Waals surface area (Å²) in [5.74, 6) is -2.15. The summed E-state index contributed by atoms with van der Waals surface area (Å²) in [4.78, 5) is 20.2. The van der Waals surface area contributed by atoms with Crippen molar-refractivity contribution in [1.29, 1.82) is 0 Å². The number of imidazole rings is 1. The SMILES string of the molecule is COc1cc2[nH]c(Nc3c(Cl)ccc(Cl)c3F)nc2cc1C(=O)NC1CCC(C(F)(F)F)CC1. The van der Waals surface area contributed by atoms with E-state index >= 15 is 0 Å². The maximum Gasteiger partial charge on any atom is 0.391 e. The van der Waals surface area contributed by atoms with Gasteiger partial charge in [0.15, 0.2) is 5.82 Å². The van der Waals surface area contributed by atoms with Gasteiger partial charge in [-0.1, -0.05) is 23.2 Å². The normalized spacial score (nSPS) is 18.7. The lowest BCUT2D eigenvalue weighted by atomic mass is 9.85. The number of alkyl halides is 3.